The Morgan fingerprint density at radius 3 is 2.24 bits per heavy atom. The Labute approximate surface area is 291 Å². The molecule has 5 rings (SSSR count). The van der Waals surface area contributed by atoms with E-state index in [9.17, 15) is 18.0 Å². The summed E-state index contributed by atoms with van der Waals surface area (Å²) in [6.45, 7) is -0.00459. The second-order valence-electron chi connectivity index (χ2n) is 10.2. The molecule has 11 nitrogen and oxygen atoms in total. The third kappa shape index (κ3) is 8.10. The number of anilines is 2. The van der Waals surface area contributed by atoms with Gasteiger partial charge in [-0.15, -0.1) is 0 Å². The molecule has 3 aromatic rings. The van der Waals surface area contributed by atoms with Gasteiger partial charge in [-0.1, -0.05) is 36.4 Å². The molecule has 2 N–H and O–H groups in total. The van der Waals surface area contributed by atoms with E-state index in [1.54, 1.807) is 7.05 Å². The average Bonchev–Trinajstić information content (AvgIpc) is 3.68. The maximum absolute atomic E-state index is 13.5. The first-order valence-electron chi connectivity index (χ1n) is 13.4. The van der Waals surface area contributed by atoms with Crippen LogP contribution in [-0.4, -0.2) is 114 Å². The molecule has 2 aliphatic rings. The maximum atomic E-state index is 13.5. The molecule has 0 unspecified atom stereocenters. The van der Waals surface area contributed by atoms with Gasteiger partial charge >= 0.3 is 81.4 Å². The SMILES string of the molecule is CN(CCN(c1cnn(C)c1)S(=O)(=O)NC(=O)Nc1c2c(cc3c1CCC3)CCC2)C(=O)OCc1ccccc1.[NaH].[NaH]. The molecule has 0 saturated carbocycles. The average molecular weight is 615 g/mol. The molecule has 3 amide bonds. The van der Waals surface area contributed by atoms with E-state index in [0.717, 1.165) is 65.2 Å². The molecule has 1 aromatic heterocycles. The molecular formula is C28H36N6Na2O5S. The number of hydrogen-bond donors (Lipinski definition) is 2. The van der Waals surface area contributed by atoms with E-state index in [1.807, 2.05) is 30.3 Å². The van der Waals surface area contributed by atoms with Crippen molar-refractivity contribution >= 4 is 92.8 Å². The number of nitrogens with one attached hydrogen (secondary N) is 2. The number of amides is 3. The van der Waals surface area contributed by atoms with Gasteiger partial charge in [-0.25, -0.2) is 18.6 Å². The molecule has 2 aliphatic carbocycles. The molecule has 0 fully saturated rings. The normalized spacial score (nSPS) is 13.2. The van der Waals surface area contributed by atoms with Crippen LogP contribution < -0.4 is 14.3 Å². The molecule has 0 spiro atoms. The second kappa shape index (κ2) is 15.1. The molecule has 0 aliphatic heterocycles. The van der Waals surface area contributed by atoms with Gasteiger partial charge in [-0.3, -0.25) is 4.68 Å². The van der Waals surface area contributed by atoms with E-state index >= 15 is 0 Å². The number of aryl methyl sites for hydroxylation is 3. The Morgan fingerprint density at radius 1 is 1.00 bits per heavy atom. The molecular weight excluding hydrogens is 578 g/mol. The van der Waals surface area contributed by atoms with Crippen molar-refractivity contribution in [2.24, 2.45) is 7.05 Å². The van der Waals surface area contributed by atoms with Crippen LogP contribution in [0.2, 0.25) is 0 Å². The van der Waals surface area contributed by atoms with Gasteiger partial charge in [0.1, 0.15) is 6.61 Å². The molecule has 2 aromatic carbocycles. The number of ether oxygens (including phenoxy) is 1. The number of rotatable bonds is 9. The summed E-state index contributed by atoms with van der Waals surface area (Å²) in [7, 11) is -1.16. The van der Waals surface area contributed by atoms with Crippen molar-refractivity contribution in [3.05, 3.63) is 76.6 Å². The summed E-state index contributed by atoms with van der Waals surface area (Å²) in [5.74, 6) is 0. The van der Waals surface area contributed by atoms with Crippen molar-refractivity contribution in [1.82, 2.24) is 19.4 Å². The fourth-order valence-electron chi connectivity index (χ4n) is 5.37. The predicted octanol–water partition coefficient (Wildman–Crippen LogP) is 2.24. The first-order chi connectivity index (χ1) is 19.2. The topological polar surface area (TPSA) is 126 Å². The van der Waals surface area contributed by atoms with Gasteiger partial charge in [0.05, 0.1) is 18.4 Å². The van der Waals surface area contributed by atoms with Gasteiger partial charge in [-0.2, -0.15) is 13.5 Å². The van der Waals surface area contributed by atoms with Gasteiger partial charge in [0.25, 0.3) is 0 Å². The standard InChI is InChI=1S/C28H34N6O5S.2Na.2H/c1-32(28(36)39-19-20-8-4-3-5-9-20)14-15-34(23-17-29-33(2)18-23)40(37,38)31-27(35)30-26-24-12-6-10-21(24)16-22-11-7-13-25(22)26;;;;/h3-5,8-9,16-18H,6-7,10-15,19H2,1-2H3,(H2,30,31,35);;;;. The molecule has 0 radical (unpaired) electrons. The minimum atomic E-state index is -4.35. The molecule has 0 saturated heterocycles. The number of carbonyl (C=O) groups is 2. The van der Waals surface area contributed by atoms with Crippen LogP contribution in [0.5, 0.6) is 0 Å². The molecule has 1 heterocycles. The fourth-order valence-corrected chi connectivity index (χ4v) is 6.45. The van der Waals surface area contributed by atoms with E-state index in [1.165, 1.54) is 40.1 Å². The molecule has 0 atom stereocenters. The van der Waals surface area contributed by atoms with Crippen molar-refractivity contribution in [3.8, 4) is 0 Å². The fraction of sp³-hybridized carbons (Fsp3) is 0.393. The summed E-state index contributed by atoms with van der Waals surface area (Å²) < 4.78 is 37.0. The number of carbonyl (C=O) groups excluding carboxylic acids is 2. The van der Waals surface area contributed by atoms with Crippen LogP contribution in [0.3, 0.4) is 0 Å². The van der Waals surface area contributed by atoms with Gasteiger partial charge < -0.3 is 15.0 Å². The van der Waals surface area contributed by atoms with Crippen molar-refractivity contribution < 1.29 is 22.7 Å². The molecule has 216 valence electrons. The Kier molecular flexibility index (Phi) is 12.4. The predicted molar refractivity (Wildman–Crippen MR) is 166 cm³/mol. The van der Waals surface area contributed by atoms with Crippen LogP contribution in [0.25, 0.3) is 0 Å². The quantitative estimate of drug-likeness (QED) is 0.356. The summed E-state index contributed by atoms with van der Waals surface area (Å²) in [4.78, 5) is 26.9. The van der Waals surface area contributed by atoms with Gasteiger partial charge in [-0.05, 0) is 66.3 Å². The Bertz CT molecular complexity index is 1480. The van der Waals surface area contributed by atoms with Crippen LogP contribution in [0.4, 0.5) is 21.0 Å². The second-order valence-corrected chi connectivity index (χ2v) is 11.8. The number of aromatic nitrogens is 2. The van der Waals surface area contributed by atoms with Crippen molar-refractivity contribution in [3.63, 3.8) is 0 Å². The Hall–Kier alpha value is -2.06. The van der Waals surface area contributed by atoms with Crippen LogP contribution in [0.1, 0.15) is 40.7 Å². The monoisotopic (exact) mass is 614 g/mol. The number of urea groups is 1. The summed E-state index contributed by atoms with van der Waals surface area (Å²) in [5.41, 5.74) is 6.53. The zero-order valence-corrected chi connectivity index (χ0v) is 23.5. The zero-order chi connectivity index (χ0) is 28.3. The summed E-state index contributed by atoms with van der Waals surface area (Å²) in [6, 6.07) is 10.7. The van der Waals surface area contributed by atoms with E-state index in [4.69, 9.17) is 4.74 Å². The van der Waals surface area contributed by atoms with Crippen LogP contribution in [0.15, 0.2) is 48.8 Å². The van der Waals surface area contributed by atoms with E-state index in [-0.39, 0.29) is 84.5 Å². The number of likely N-dealkylation sites (N-methyl/N-ethyl adjacent to an activating group) is 1. The van der Waals surface area contributed by atoms with E-state index in [2.05, 4.69) is 21.2 Å². The van der Waals surface area contributed by atoms with Crippen molar-refractivity contribution in [2.45, 2.75) is 45.1 Å². The van der Waals surface area contributed by atoms with Crippen LogP contribution in [0, 0.1) is 0 Å². The van der Waals surface area contributed by atoms with Crippen molar-refractivity contribution in [2.75, 3.05) is 29.8 Å². The number of hydrogen-bond acceptors (Lipinski definition) is 6. The number of fused-ring (bicyclic) bond motifs is 2. The summed E-state index contributed by atoms with van der Waals surface area (Å²) >= 11 is 0. The Morgan fingerprint density at radius 2 is 1.64 bits per heavy atom. The summed E-state index contributed by atoms with van der Waals surface area (Å²) in [6.07, 6.45) is 8.01. The van der Waals surface area contributed by atoms with Crippen LogP contribution >= 0.6 is 0 Å². The zero-order valence-electron chi connectivity index (χ0n) is 22.7. The summed E-state index contributed by atoms with van der Waals surface area (Å²) in [5, 5.41) is 6.94. The first-order valence-corrected chi connectivity index (χ1v) is 14.8. The molecule has 14 heteroatoms. The number of benzene rings is 2. The Balaban J connectivity index is 0.00000242. The first kappa shape index (κ1) is 34.4. The van der Waals surface area contributed by atoms with Gasteiger partial charge in [0.15, 0.2) is 0 Å². The van der Waals surface area contributed by atoms with E-state index < -0.39 is 22.3 Å². The minimum absolute atomic E-state index is 0. The van der Waals surface area contributed by atoms with Gasteiger partial charge in [0.2, 0.25) is 0 Å². The van der Waals surface area contributed by atoms with Gasteiger partial charge in [0, 0.05) is 32.5 Å². The van der Waals surface area contributed by atoms with Crippen LogP contribution in [-0.2, 0) is 54.3 Å². The third-order valence-electron chi connectivity index (χ3n) is 7.36. The third-order valence-corrected chi connectivity index (χ3v) is 8.77. The molecule has 42 heavy (non-hydrogen) atoms. The van der Waals surface area contributed by atoms with E-state index in [0.29, 0.717) is 0 Å². The van der Waals surface area contributed by atoms with Crippen molar-refractivity contribution in [1.29, 1.82) is 0 Å². The number of nitrogens with zero attached hydrogens (tertiary/aromatic N) is 4. The molecule has 0 bridgehead atoms.